The third kappa shape index (κ3) is 5.13. The molecule has 1 amide bonds. The van der Waals surface area contributed by atoms with Crippen molar-refractivity contribution in [1.29, 1.82) is 0 Å². The van der Waals surface area contributed by atoms with E-state index in [1.807, 2.05) is 30.3 Å². The summed E-state index contributed by atoms with van der Waals surface area (Å²) >= 11 is 0. The van der Waals surface area contributed by atoms with Crippen LogP contribution in [0.15, 0.2) is 60.8 Å². The van der Waals surface area contributed by atoms with Gasteiger partial charge in [0.05, 0.1) is 16.2 Å². The number of benzene rings is 2. The fourth-order valence-electron chi connectivity index (χ4n) is 2.64. The Balaban J connectivity index is 1.57. The highest BCUT2D eigenvalue weighted by molar-refractivity contribution is 5.90. The number of anilines is 2. The monoisotopic (exact) mass is 419 g/mol. The van der Waals surface area contributed by atoms with Crippen LogP contribution >= 0.6 is 0 Å². The summed E-state index contributed by atoms with van der Waals surface area (Å²) in [5.74, 6) is -0.0836. The lowest BCUT2D eigenvalue weighted by molar-refractivity contribution is -0.384. The van der Waals surface area contributed by atoms with Crippen LogP contribution in [0.3, 0.4) is 0 Å². The maximum absolute atomic E-state index is 12.7. The third-order valence-electron chi connectivity index (χ3n) is 4.07. The van der Waals surface area contributed by atoms with E-state index >= 15 is 0 Å². The summed E-state index contributed by atoms with van der Waals surface area (Å²) in [6, 6.07) is 13.0. The van der Waals surface area contributed by atoms with Gasteiger partial charge in [-0.05, 0) is 24.3 Å². The van der Waals surface area contributed by atoms with Crippen molar-refractivity contribution in [2.75, 3.05) is 17.2 Å². The molecule has 2 aromatic carbocycles. The molecular weight excluding hydrogens is 403 g/mol. The van der Waals surface area contributed by atoms with Gasteiger partial charge in [-0.3, -0.25) is 14.9 Å². The van der Waals surface area contributed by atoms with Crippen LogP contribution in [0.1, 0.15) is 12.0 Å². The largest absolute Gasteiger partial charge is 0.416 e. The molecule has 30 heavy (non-hydrogen) atoms. The van der Waals surface area contributed by atoms with E-state index in [2.05, 4.69) is 15.7 Å². The van der Waals surface area contributed by atoms with E-state index in [0.29, 0.717) is 11.9 Å². The Morgan fingerprint density at radius 3 is 2.53 bits per heavy atom. The van der Waals surface area contributed by atoms with Gasteiger partial charge in [0.25, 0.3) is 5.69 Å². The van der Waals surface area contributed by atoms with Crippen LogP contribution in [0, 0.1) is 10.1 Å². The summed E-state index contributed by atoms with van der Waals surface area (Å²) in [5, 5.41) is 20.5. The van der Waals surface area contributed by atoms with E-state index < -0.39 is 28.3 Å². The van der Waals surface area contributed by atoms with Crippen molar-refractivity contribution < 1.29 is 22.9 Å². The number of rotatable bonds is 7. The highest BCUT2D eigenvalue weighted by Gasteiger charge is 2.33. The second-order valence-corrected chi connectivity index (χ2v) is 6.19. The van der Waals surface area contributed by atoms with Crippen LogP contribution in [0.5, 0.6) is 0 Å². The van der Waals surface area contributed by atoms with Crippen molar-refractivity contribution in [3.63, 3.8) is 0 Å². The molecule has 11 heteroatoms. The first-order valence-electron chi connectivity index (χ1n) is 8.74. The molecule has 0 fully saturated rings. The molecular formula is C19H16F3N5O3. The zero-order valence-corrected chi connectivity index (χ0v) is 15.4. The first-order valence-corrected chi connectivity index (χ1v) is 8.74. The van der Waals surface area contributed by atoms with Crippen LogP contribution in [0.25, 0.3) is 5.69 Å². The number of hydrogen-bond donors (Lipinski definition) is 2. The zero-order valence-electron chi connectivity index (χ0n) is 15.4. The van der Waals surface area contributed by atoms with Crippen LogP contribution in [-0.4, -0.2) is 27.2 Å². The highest BCUT2D eigenvalue weighted by atomic mass is 19.4. The summed E-state index contributed by atoms with van der Waals surface area (Å²) in [6.45, 7) is -0.0164. The number of carbonyl (C=O) groups is 1. The summed E-state index contributed by atoms with van der Waals surface area (Å²) in [7, 11) is 0. The molecule has 3 aromatic rings. The Labute approximate surface area is 168 Å². The number of alkyl halides is 3. The minimum absolute atomic E-state index is 0.0164. The number of nitro benzene ring substituents is 1. The molecule has 156 valence electrons. The van der Waals surface area contributed by atoms with Crippen LogP contribution in [-0.2, 0) is 11.0 Å². The molecule has 0 spiro atoms. The Morgan fingerprint density at radius 2 is 1.87 bits per heavy atom. The Morgan fingerprint density at radius 1 is 1.13 bits per heavy atom. The number of aromatic nitrogens is 2. The fourth-order valence-corrected chi connectivity index (χ4v) is 2.64. The molecule has 0 aliphatic heterocycles. The van der Waals surface area contributed by atoms with E-state index in [1.54, 1.807) is 16.9 Å². The number of amides is 1. The van der Waals surface area contributed by atoms with Gasteiger partial charge in [0.1, 0.15) is 5.69 Å². The van der Waals surface area contributed by atoms with Crippen LogP contribution in [0.4, 0.5) is 30.4 Å². The lowest BCUT2D eigenvalue weighted by Gasteiger charge is -2.10. The van der Waals surface area contributed by atoms with Crippen molar-refractivity contribution in [3.05, 3.63) is 76.5 Å². The third-order valence-corrected chi connectivity index (χ3v) is 4.07. The van der Waals surface area contributed by atoms with Gasteiger partial charge in [-0.15, -0.1) is 0 Å². The fraction of sp³-hybridized carbons (Fsp3) is 0.158. The van der Waals surface area contributed by atoms with E-state index in [-0.39, 0.29) is 18.7 Å². The van der Waals surface area contributed by atoms with Crippen LogP contribution < -0.4 is 10.6 Å². The van der Waals surface area contributed by atoms with Crippen molar-refractivity contribution >= 4 is 23.1 Å². The molecule has 0 atom stereocenters. The summed E-state index contributed by atoms with van der Waals surface area (Å²) < 4.78 is 39.8. The minimum atomic E-state index is -4.69. The highest BCUT2D eigenvalue weighted by Crippen LogP contribution is 2.34. The predicted molar refractivity (Wildman–Crippen MR) is 103 cm³/mol. The molecule has 0 radical (unpaired) electrons. The van der Waals surface area contributed by atoms with Gasteiger partial charge >= 0.3 is 6.18 Å². The summed E-state index contributed by atoms with van der Waals surface area (Å²) in [6.07, 6.45) is -3.09. The normalized spacial score (nSPS) is 11.2. The van der Waals surface area contributed by atoms with Crippen molar-refractivity contribution in [1.82, 2.24) is 9.78 Å². The molecule has 0 saturated carbocycles. The topological polar surface area (TPSA) is 102 Å². The average Bonchev–Trinajstić information content (AvgIpc) is 3.16. The number of hydrogen-bond acceptors (Lipinski definition) is 5. The molecule has 3 rings (SSSR count). The van der Waals surface area contributed by atoms with Gasteiger partial charge in [-0.1, -0.05) is 18.2 Å². The smallest absolute Gasteiger partial charge is 0.379 e. The SMILES string of the molecule is O=C(CCNc1ccc(C(F)(F)F)cc1[N+](=O)[O-])Nc1ccn(-c2ccccc2)n1. The average molecular weight is 419 g/mol. The number of nitrogens with zero attached hydrogens (tertiary/aromatic N) is 3. The first kappa shape index (κ1) is 20.8. The maximum Gasteiger partial charge on any atom is 0.416 e. The molecule has 1 aromatic heterocycles. The summed E-state index contributed by atoms with van der Waals surface area (Å²) in [5.41, 5.74) is -1.12. The number of para-hydroxylation sites is 1. The van der Waals surface area contributed by atoms with Gasteiger partial charge in [-0.2, -0.15) is 18.3 Å². The predicted octanol–water partition coefficient (Wildman–Crippen LogP) is 4.24. The molecule has 2 N–H and O–H groups in total. The molecule has 1 heterocycles. The van der Waals surface area contributed by atoms with Crippen molar-refractivity contribution in [3.8, 4) is 5.69 Å². The first-order chi connectivity index (χ1) is 14.2. The Hall–Kier alpha value is -3.89. The second kappa shape index (κ2) is 8.64. The van der Waals surface area contributed by atoms with Crippen molar-refractivity contribution in [2.24, 2.45) is 0 Å². The van der Waals surface area contributed by atoms with Gasteiger partial charge in [0.2, 0.25) is 5.91 Å². The maximum atomic E-state index is 12.7. The Bertz CT molecular complexity index is 1050. The van der Waals surface area contributed by atoms with E-state index in [1.165, 1.54) is 0 Å². The molecule has 0 saturated heterocycles. The summed E-state index contributed by atoms with van der Waals surface area (Å²) in [4.78, 5) is 22.2. The lowest BCUT2D eigenvalue weighted by Crippen LogP contribution is -2.17. The number of nitrogens with one attached hydrogen (secondary N) is 2. The number of carbonyl (C=O) groups excluding carboxylic acids is 1. The van der Waals surface area contributed by atoms with E-state index in [4.69, 9.17) is 0 Å². The molecule has 0 unspecified atom stereocenters. The van der Waals surface area contributed by atoms with Crippen molar-refractivity contribution in [2.45, 2.75) is 12.6 Å². The van der Waals surface area contributed by atoms with E-state index in [9.17, 15) is 28.1 Å². The van der Waals surface area contributed by atoms with Gasteiger partial charge in [0, 0.05) is 31.3 Å². The number of halogens is 3. The molecule has 0 aliphatic rings. The minimum Gasteiger partial charge on any atom is -0.379 e. The van der Waals surface area contributed by atoms with Crippen LogP contribution in [0.2, 0.25) is 0 Å². The Kier molecular flexibility index (Phi) is 6.00. The molecule has 8 nitrogen and oxygen atoms in total. The van der Waals surface area contributed by atoms with Gasteiger partial charge in [-0.25, -0.2) is 4.68 Å². The second-order valence-electron chi connectivity index (χ2n) is 6.19. The van der Waals surface area contributed by atoms with Gasteiger partial charge in [0.15, 0.2) is 5.82 Å². The zero-order chi connectivity index (χ0) is 21.7. The molecule has 0 bridgehead atoms. The van der Waals surface area contributed by atoms with Gasteiger partial charge < -0.3 is 10.6 Å². The lowest BCUT2D eigenvalue weighted by atomic mass is 10.1. The molecule has 0 aliphatic carbocycles. The standard InChI is InChI=1S/C19H16F3N5O3/c20-19(21,22)13-6-7-15(16(12-13)27(29)30)23-10-8-18(28)24-17-9-11-26(25-17)14-4-2-1-3-5-14/h1-7,9,11-12,23H,8,10H2,(H,24,25,28). The van der Waals surface area contributed by atoms with E-state index in [0.717, 1.165) is 17.8 Å². The quantitative estimate of drug-likeness (QED) is 0.441. The number of nitro groups is 1.